The van der Waals surface area contributed by atoms with E-state index in [1.807, 2.05) is 12.1 Å². The van der Waals surface area contributed by atoms with Gasteiger partial charge >= 0.3 is 0 Å². The summed E-state index contributed by atoms with van der Waals surface area (Å²) in [6, 6.07) is 8.31. The number of fused-ring (bicyclic) bond motifs is 1. The zero-order valence-corrected chi connectivity index (χ0v) is 10.9. The first-order chi connectivity index (χ1) is 7.33. The first-order valence-corrected chi connectivity index (χ1v) is 6.49. The summed E-state index contributed by atoms with van der Waals surface area (Å²) in [5.41, 5.74) is 0. The molecule has 0 amide bonds. The van der Waals surface area contributed by atoms with Crippen molar-refractivity contribution in [1.29, 1.82) is 0 Å². The highest BCUT2D eigenvalue weighted by atomic mass is 127. The van der Waals surface area contributed by atoms with Crippen LogP contribution in [0.3, 0.4) is 0 Å². The van der Waals surface area contributed by atoms with Gasteiger partial charge in [-0.05, 0) is 28.7 Å². The fourth-order valence-corrected chi connectivity index (χ4v) is 3.38. The average Bonchev–Trinajstić information content (AvgIpc) is 2.57. The van der Waals surface area contributed by atoms with E-state index in [9.17, 15) is 0 Å². The van der Waals surface area contributed by atoms with Crippen molar-refractivity contribution >= 4 is 44.0 Å². The van der Waals surface area contributed by atoms with E-state index in [0.717, 1.165) is 4.88 Å². The second-order valence-electron chi connectivity index (χ2n) is 3.02. The summed E-state index contributed by atoms with van der Waals surface area (Å²) in [4.78, 5) is 1.10. The lowest BCUT2D eigenvalue weighted by atomic mass is 10.2. The Morgan fingerprint density at radius 3 is 2.87 bits per heavy atom. The van der Waals surface area contributed by atoms with E-state index in [-0.39, 0.29) is 6.61 Å². The summed E-state index contributed by atoms with van der Waals surface area (Å²) < 4.78 is 2.49. The third-order valence-electron chi connectivity index (χ3n) is 1.97. The summed E-state index contributed by atoms with van der Waals surface area (Å²) in [6.45, 7) is 0.133. The molecule has 76 valence electrons. The van der Waals surface area contributed by atoms with E-state index in [1.165, 1.54) is 13.7 Å². The van der Waals surface area contributed by atoms with Gasteiger partial charge in [0.1, 0.15) is 0 Å². The lowest BCUT2D eigenvalue weighted by Gasteiger charge is -1.87. The second kappa shape index (κ2) is 4.97. The van der Waals surface area contributed by atoms with Crippen molar-refractivity contribution in [3.63, 3.8) is 0 Å². The van der Waals surface area contributed by atoms with Crippen molar-refractivity contribution in [2.75, 3.05) is 6.61 Å². The largest absolute Gasteiger partial charge is 0.395 e. The molecule has 1 nitrogen and oxygen atoms in total. The molecule has 0 unspecified atom stereocenters. The van der Waals surface area contributed by atoms with E-state index in [2.05, 4.69) is 46.6 Å². The maximum absolute atomic E-state index is 8.65. The van der Waals surface area contributed by atoms with Crippen molar-refractivity contribution in [3.8, 4) is 11.8 Å². The molecule has 15 heavy (non-hydrogen) atoms. The number of aliphatic hydroxyl groups is 1. The Morgan fingerprint density at radius 2 is 2.13 bits per heavy atom. The van der Waals surface area contributed by atoms with Crippen LogP contribution in [0.25, 0.3) is 10.1 Å². The van der Waals surface area contributed by atoms with Gasteiger partial charge in [0, 0.05) is 20.1 Å². The molecule has 1 aromatic heterocycles. The Labute approximate surface area is 106 Å². The molecule has 0 aliphatic carbocycles. The van der Waals surface area contributed by atoms with Gasteiger partial charge in [0.2, 0.25) is 0 Å². The topological polar surface area (TPSA) is 20.2 Å². The maximum Gasteiger partial charge on any atom is 0.0914 e. The van der Waals surface area contributed by atoms with Crippen molar-refractivity contribution < 1.29 is 5.11 Å². The summed E-state index contributed by atoms with van der Waals surface area (Å²) in [7, 11) is 0. The molecule has 3 heteroatoms. The van der Waals surface area contributed by atoms with E-state index in [1.54, 1.807) is 11.3 Å². The Kier molecular flexibility index (Phi) is 3.62. The molecule has 0 saturated carbocycles. The summed E-state index contributed by atoms with van der Waals surface area (Å²) in [6.07, 6.45) is 0.546. The SMILES string of the molecule is OCCC#Cc1sc2ccccc2c1I. The van der Waals surface area contributed by atoms with Crippen LogP contribution in [-0.2, 0) is 0 Å². The predicted molar refractivity (Wildman–Crippen MR) is 73.1 cm³/mol. The molecular weight excluding hydrogens is 319 g/mol. The van der Waals surface area contributed by atoms with Crippen LogP contribution in [-0.4, -0.2) is 11.7 Å². The molecule has 2 rings (SSSR count). The lowest BCUT2D eigenvalue weighted by Crippen LogP contribution is -1.76. The van der Waals surface area contributed by atoms with Gasteiger partial charge in [0.05, 0.1) is 11.5 Å². The minimum absolute atomic E-state index is 0.133. The third kappa shape index (κ3) is 2.33. The van der Waals surface area contributed by atoms with E-state index < -0.39 is 0 Å². The monoisotopic (exact) mass is 328 g/mol. The van der Waals surface area contributed by atoms with Gasteiger partial charge in [-0.1, -0.05) is 30.0 Å². The van der Waals surface area contributed by atoms with Crippen LogP contribution in [0.4, 0.5) is 0 Å². The molecule has 2 aromatic rings. The second-order valence-corrected chi connectivity index (χ2v) is 5.15. The highest BCUT2D eigenvalue weighted by Crippen LogP contribution is 2.31. The van der Waals surface area contributed by atoms with E-state index >= 15 is 0 Å². The molecule has 0 saturated heterocycles. The van der Waals surface area contributed by atoms with E-state index in [4.69, 9.17) is 5.11 Å². The molecule has 1 N–H and O–H groups in total. The Morgan fingerprint density at radius 1 is 1.33 bits per heavy atom. The number of aliphatic hydroxyl groups excluding tert-OH is 1. The zero-order chi connectivity index (χ0) is 10.7. The highest BCUT2D eigenvalue weighted by molar-refractivity contribution is 14.1. The number of hydrogen-bond acceptors (Lipinski definition) is 2. The molecule has 1 heterocycles. The minimum atomic E-state index is 0.133. The van der Waals surface area contributed by atoms with Gasteiger partial charge in [-0.15, -0.1) is 11.3 Å². The fraction of sp³-hybridized carbons (Fsp3) is 0.167. The van der Waals surface area contributed by atoms with Crippen molar-refractivity contribution in [2.45, 2.75) is 6.42 Å². The van der Waals surface area contributed by atoms with E-state index in [0.29, 0.717) is 6.42 Å². The van der Waals surface area contributed by atoms with Crippen LogP contribution in [0.15, 0.2) is 24.3 Å². The molecule has 1 aromatic carbocycles. The predicted octanol–water partition coefficient (Wildman–Crippen LogP) is 3.24. The van der Waals surface area contributed by atoms with Crippen LogP contribution in [0.5, 0.6) is 0 Å². The number of rotatable bonds is 1. The Balaban J connectivity index is 2.46. The zero-order valence-electron chi connectivity index (χ0n) is 7.96. The minimum Gasteiger partial charge on any atom is -0.395 e. The van der Waals surface area contributed by atoms with Gasteiger partial charge in [-0.2, -0.15) is 0 Å². The number of halogens is 1. The number of benzene rings is 1. The normalized spacial score (nSPS) is 10.0. The standard InChI is InChI=1S/C12H9IOS/c13-12-9-5-1-2-6-10(9)15-11(12)7-3-4-8-14/h1-2,5-6,14H,4,8H2. The van der Waals surface area contributed by atoms with Gasteiger partial charge in [-0.3, -0.25) is 0 Å². The molecule has 0 fully saturated rings. The summed E-state index contributed by atoms with van der Waals surface area (Å²) in [5.74, 6) is 6.06. The van der Waals surface area contributed by atoms with Crippen molar-refractivity contribution in [1.82, 2.24) is 0 Å². The Hall–Kier alpha value is -0.570. The van der Waals surface area contributed by atoms with Gasteiger partial charge in [-0.25, -0.2) is 0 Å². The number of hydrogen-bond donors (Lipinski definition) is 1. The van der Waals surface area contributed by atoms with Gasteiger partial charge in [0.15, 0.2) is 0 Å². The smallest absolute Gasteiger partial charge is 0.0914 e. The molecule has 0 radical (unpaired) electrons. The van der Waals surface area contributed by atoms with Crippen LogP contribution in [0.2, 0.25) is 0 Å². The Bertz CT molecular complexity index is 533. The molecule has 0 spiro atoms. The van der Waals surface area contributed by atoms with Gasteiger partial charge in [0.25, 0.3) is 0 Å². The summed E-state index contributed by atoms with van der Waals surface area (Å²) in [5, 5.41) is 9.93. The highest BCUT2D eigenvalue weighted by Gasteiger charge is 2.06. The fourth-order valence-electron chi connectivity index (χ4n) is 1.29. The lowest BCUT2D eigenvalue weighted by molar-refractivity contribution is 0.305. The maximum atomic E-state index is 8.65. The van der Waals surface area contributed by atoms with Gasteiger partial charge < -0.3 is 5.11 Å². The molecule has 0 bridgehead atoms. The van der Waals surface area contributed by atoms with Crippen LogP contribution >= 0.6 is 33.9 Å². The molecule has 0 aliphatic heterocycles. The van der Waals surface area contributed by atoms with Crippen molar-refractivity contribution in [2.24, 2.45) is 0 Å². The molecule has 0 atom stereocenters. The first kappa shape index (κ1) is 10.9. The number of thiophene rings is 1. The van der Waals surface area contributed by atoms with Crippen LogP contribution in [0, 0.1) is 15.4 Å². The first-order valence-electron chi connectivity index (χ1n) is 4.59. The van der Waals surface area contributed by atoms with Crippen molar-refractivity contribution in [3.05, 3.63) is 32.7 Å². The summed E-state index contributed by atoms with van der Waals surface area (Å²) >= 11 is 4.04. The third-order valence-corrected chi connectivity index (χ3v) is 4.55. The average molecular weight is 328 g/mol. The molecular formula is C12H9IOS. The molecule has 0 aliphatic rings. The quantitative estimate of drug-likeness (QED) is 0.629. The van der Waals surface area contributed by atoms with Crippen LogP contribution < -0.4 is 0 Å². The van der Waals surface area contributed by atoms with Crippen LogP contribution in [0.1, 0.15) is 11.3 Å².